The van der Waals surface area contributed by atoms with Gasteiger partial charge >= 0.3 is 6.03 Å². The molecule has 1 aliphatic heterocycles. The average molecular weight is 504 g/mol. The fourth-order valence-corrected chi connectivity index (χ4v) is 5.61. The Morgan fingerprint density at radius 3 is 2.81 bits per heavy atom. The van der Waals surface area contributed by atoms with E-state index in [0.29, 0.717) is 43.0 Å². The van der Waals surface area contributed by atoms with Gasteiger partial charge in [-0.2, -0.15) is 5.26 Å². The number of anilines is 1. The smallest absolute Gasteiger partial charge is 0.317 e. The number of ether oxygens (including phenoxy) is 1. The van der Waals surface area contributed by atoms with Gasteiger partial charge in [0.15, 0.2) is 0 Å². The van der Waals surface area contributed by atoms with Crippen molar-refractivity contribution in [3.05, 3.63) is 75.9 Å². The van der Waals surface area contributed by atoms with Gasteiger partial charge in [0, 0.05) is 42.7 Å². The number of para-hydroxylation sites is 1. The van der Waals surface area contributed by atoms with E-state index < -0.39 is 0 Å². The Hall–Kier alpha value is -3.90. The molecule has 0 radical (unpaired) electrons. The molecule has 0 aliphatic carbocycles. The van der Waals surface area contributed by atoms with E-state index in [4.69, 9.17) is 4.74 Å². The highest BCUT2D eigenvalue weighted by Gasteiger charge is 2.28. The molecule has 8 nitrogen and oxygen atoms in total. The van der Waals surface area contributed by atoms with Crippen LogP contribution in [0.3, 0.4) is 0 Å². The fourth-order valence-electron chi connectivity index (χ4n) is 4.38. The topological polar surface area (TPSA) is 107 Å². The number of carbonyl (C=O) groups is 2. The largest absolute Gasteiger partial charge is 0.496 e. The first-order chi connectivity index (χ1) is 17.5. The Kier molecular flexibility index (Phi) is 8.18. The highest BCUT2D eigenvalue weighted by molar-refractivity contribution is 7.16. The molecule has 0 saturated heterocycles. The lowest BCUT2D eigenvalue weighted by molar-refractivity contribution is -0.116. The first kappa shape index (κ1) is 25.2. The van der Waals surface area contributed by atoms with Crippen LogP contribution >= 0.6 is 11.3 Å². The summed E-state index contributed by atoms with van der Waals surface area (Å²) < 4.78 is 5.42. The van der Waals surface area contributed by atoms with Gasteiger partial charge in [0.05, 0.1) is 19.2 Å². The number of nitrogens with zero attached hydrogens (tertiary/aromatic N) is 3. The molecular weight excluding hydrogens is 474 g/mol. The quantitative estimate of drug-likeness (QED) is 0.472. The average Bonchev–Trinajstić information content (AvgIpc) is 3.24. The van der Waals surface area contributed by atoms with E-state index in [-0.39, 0.29) is 24.3 Å². The molecule has 0 saturated carbocycles. The number of urea groups is 1. The Balaban J connectivity index is 1.36. The Bertz CT molecular complexity index is 1270. The van der Waals surface area contributed by atoms with Crippen molar-refractivity contribution in [3.8, 4) is 11.8 Å². The maximum absolute atomic E-state index is 12.9. The Morgan fingerprint density at radius 1 is 1.25 bits per heavy atom. The summed E-state index contributed by atoms with van der Waals surface area (Å²) in [7, 11) is 1.62. The minimum Gasteiger partial charge on any atom is -0.496 e. The van der Waals surface area contributed by atoms with Gasteiger partial charge in [-0.3, -0.25) is 9.78 Å². The molecule has 3 heterocycles. The minimum absolute atomic E-state index is 0.0495. The van der Waals surface area contributed by atoms with Crippen LogP contribution in [0, 0.1) is 11.3 Å². The number of rotatable bonds is 8. The summed E-state index contributed by atoms with van der Waals surface area (Å²) in [6.45, 7) is 3.41. The molecule has 0 fully saturated rings. The number of methoxy groups -OCH3 is 1. The van der Waals surface area contributed by atoms with Crippen LogP contribution in [-0.2, 0) is 24.2 Å². The van der Waals surface area contributed by atoms with Crippen LogP contribution in [0.4, 0.5) is 9.80 Å². The van der Waals surface area contributed by atoms with E-state index in [2.05, 4.69) is 21.7 Å². The van der Waals surface area contributed by atoms with E-state index in [1.165, 1.54) is 11.3 Å². The summed E-state index contributed by atoms with van der Waals surface area (Å²) in [5, 5.41) is 16.2. The van der Waals surface area contributed by atoms with Gasteiger partial charge in [0.1, 0.15) is 16.8 Å². The third-order valence-electron chi connectivity index (χ3n) is 6.25. The van der Waals surface area contributed by atoms with E-state index >= 15 is 0 Å². The Morgan fingerprint density at radius 2 is 2.06 bits per heavy atom. The number of benzene rings is 1. The van der Waals surface area contributed by atoms with Crippen LogP contribution in [0.2, 0.25) is 0 Å². The second-order valence-electron chi connectivity index (χ2n) is 8.69. The molecule has 3 aromatic rings. The van der Waals surface area contributed by atoms with Gasteiger partial charge < -0.3 is 20.3 Å². The second kappa shape index (κ2) is 11.7. The lowest BCUT2D eigenvalue weighted by Crippen LogP contribution is -2.43. The SMILES string of the molecule is COc1ccccc1C(C)CC(=O)Nc1sc2c(c1C#N)CCN(C(=O)NCCc1ccccn1)C2. The first-order valence-electron chi connectivity index (χ1n) is 11.9. The maximum atomic E-state index is 12.9. The summed E-state index contributed by atoms with van der Waals surface area (Å²) in [6, 6.07) is 15.5. The van der Waals surface area contributed by atoms with Crippen molar-refractivity contribution >= 4 is 28.3 Å². The second-order valence-corrected chi connectivity index (χ2v) is 9.79. The number of carbonyl (C=O) groups excluding carboxylic acids is 2. The lowest BCUT2D eigenvalue weighted by Gasteiger charge is -2.27. The zero-order valence-corrected chi connectivity index (χ0v) is 21.2. The molecule has 9 heteroatoms. The number of nitriles is 1. The molecule has 1 aliphatic rings. The van der Waals surface area contributed by atoms with Gasteiger partial charge in [-0.15, -0.1) is 11.3 Å². The highest BCUT2D eigenvalue weighted by atomic mass is 32.1. The summed E-state index contributed by atoms with van der Waals surface area (Å²) in [6.07, 6.45) is 3.24. The van der Waals surface area contributed by atoms with Crippen molar-refractivity contribution in [1.82, 2.24) is 15.2 Å². The van der Waals surface area contributed by atoms with Crippen molar-refractivity contribution in [2.75, 3.05) is 25.5 Å². The van der Waals surface area contributed by atoms with Gasteiger partial charge in [0.25, 0.3) is 0 Å². The molecule has 36 heavy (non-hydrogen) atoms. The van der Waals surface area contributed by atoms with Crippen LogP contribution in [0.5, 0.6) is 5.75 Å². The standard InChI is InChI=1S/C27H29N5O3S/c1-18(20-8-3-4-9-23(20)35-2)15-25(33)31-26-22(16-28)21-11-14-32(17-24(21)36-26)27(34)30-13-10-19-7-5-6-12-29-19/h3-9,12,18H,10-11,13-15,17H2,1-2H3,(H,30,34)(H,31,33). The van der Waals surface area contributed by atoms with Crippen molar-refractivity contribution in [2.45, 2.75) is 38.6 Å². The number of amides is 3. The summed E-state index contributed by atoms with van der Waals surface area (Å²) in [5.74, 6) is 0.541. The predicted octanol–water partition coefficient (Wildman–Crippen LogP) is 4.47. The van der Waals surface area contributed by atoms with Crippen molar-refractivity contribution in [3.63, 3.8) is 0 Å². The molecule has 4 rings (SSSR count). The van der Waals surface area contributed by atoms with Crippen molar-refractivity contribution < 1.29 is 14.3 Å². The van der Waals surface area contributed by atoms with Crippen LogP contribution in [0.25, 0.3) is 0 Å². The summed E-state index contributed by atoms with van der Waals surface area (Å²) in [5.41, 5.74) is 3.32. The molecule has 1 atom stereocenters. The van der Waals surface area contributed by atoms with E-state index in [9.17, 15) is 14.9 Å². The summed E-state index contributed by atoms with van der Waals surface area (Å²) >= 11 is 1.38. The molecule has 1 aromatic carbocycles. The number of hydrogen-bond donors (Lipinski definition) is 2. The monoisotopic (exact) mass is 503 g/mol. The van der Waals surface area contributed by atoms with Crippen molar-refractivity contribution in [2.24, 2.45) is 0 Å². The van der Waals surface area contributed by atoms with Gasteiger partial charge in [-0.1, -0.05) is 31.2 Å². The third-order valence-corrected chi connectivity index (χ3v) is 7.39. The molecule has 2 aromatic heterocycles. The van der Waals surface area contributed by atoms with E-state index in [1.807, 2.05) is 49.4 Å². The predicted molar refractivity (Wildman–Crippen MR) is 139 cm³/mol. The highest BCUT2D eigenvalue weighted by Crippen LogP contribution is 2.37. The molecule has 3 amide bonds. The number of nitrogens with one attached hydrogen (secondary N) is 2. The molecule has 1 unspecified atom stereocenters. The third kappa shape index (κ3) is 5.83. The number of pyridine rings is 1. The Labute approximate surface area is 214 Å². The van der Waals surface area contributed by atoms with Crippen LogP contribution in [0.1, 0.15) is 46.5 Å². The van der Waals surface area contributed by atoms with Gasteiger partial charge in [-0.25, -0.2) is 4.79 Å². The minimum atomic E-state index is -0.160. The number of hydrogen-bond acceptors (Lipinski definition) is 6. The first-order valence-corrected chi connectivity index (χ1v) is 12.7. The van der Waals surface area contributed by atoms with Crippen LogP contribution in [0.15, 0.2) is 48.7 Å². The molecule has 0 spiro atoms. The summed E-state index contributed by atoms with van der Waals surface area (Å²) in [4.78, 5) is 32.5. The zero-order valence-electron chi connectivity index (χ0n) is 20.4. The van der Waals surface area contributed by atoms with E-state index in [0.717, 1.165) is 27.4 Å². The fraction of sp³-hybridized carbons (Fsp3) is 0.333. The number of thiophene rings is 1. The van der Waals surface area contributed by atoms with Gasteiger partial charge in [0.2, 0.25) is 5.91 Å². The molecular formula is C27H29N5O3S. The van der Waals surface area contributed by atoms with Crippen molar-refractivity contribution in [1.29, 1.82) is 5.26 Å². The van der Waals surface area contributed by atoms with E-state index in [1.54, 1.807) is 18.2 Å². The van der Waals surface area contributed by atoms with Crippen LogP contribution in [-0.4, -0.2) is 42.0 Å². The zero-order chi connectivity index (χ0) is 25.5. The molecule has 0 bridgehead atoms. The molecule has 2 N–H and O–H groups in total. The number of aromatic nitrogens is 1. The van der Waals surface area contributed by atoms with Crippen LogP contribution < -0.4 is 15.4 Å². The number of fused-ring (bicyclic) bond motifs is 1. The van der Waals surface area contributed by atoms with Gasteiger partial charge in [-0.05, 0) is 41.7 Å². The maximum Gasteiger partial charge on any atom is 0.317 e. The molecule has 186 valence electrons. The lowest BCUT2D eigenvalue weighted by atomic mass is 9.96. The normalized spacial score (nSPS) is 13.3.